The molecule has 2 aromatic carbocycles. The molecule has 9 nitrogen and oxygen atoms in total. The first-order chi connectivity index (χ1) is 21.3. The minimum absolute atomic E-state index is 0.00730. The monoisotopic (exact) mass is 598 g/mol. The number of ether oxygens (including phenoxy) is 1. The summed E-state index contributed by atoms with van der Waals surface area (Å²) in [6, 6.07) is 16.5. The third-order valence-corrected chi connectivity index (χ3v) is 9.72. The molecule has 232 valence electrons. The van der Waals surface area contributed by atoms with E-state index in [1.165, 1.54) is 0 Å². The van der Waals surface area contributed by atoms with Crippen LogP contribution in [0.4, 0.5) is 17.1 Å². The van der Waals surface area contributed by atoms with Crippen molar-refractivity contribution in [2.24, 2.45) is 11.8 Å². The van der Waals surface area contributed by atoms with Crippen molar-refractivity contribution < 1.29 is 24.2 Å². The quantitative estimate of drug-likeness (QED) is 0.349. The second kappa shape index (κ2) is 11.9. The van der Waals surface area contributed by atoms with E-state index >= 15 is 0 Å². The maximum absolute atomic E-state index is 14.7. The lowest BCUT2D eigenvalue weighted by atomic mass is 9.74. The maximum Gasteiger partial charge on any atom is 0.253 e. The summed E-state index contributed by atoms with van der Waals surface area (Å²) in [5.41, 5.74) is 0.170. The molecule has 0 aliphatic carbocycles. The zero-order chi connectivity index (χ0) is 31.1. The summed E-state index contributed by atoms with van der Waals surface area (Å²) in [6.07, 6.45) is 8.64. The van der Waals surface area contributed by atoms with Crippen molar-refractivity contribution >= 4 is 34.8 Å². The number of para-hydroxylation sites is 1. The molecule has 3 amide bonds. The highest BCUT2D eigenvalue weighted by atomic mass is 16.5. The Labute approximate surface area is 259 Å². The number of unbranched alkanes of at least 4 members (excludes halogenated alkanes) is 1. The van der Waals surface area contributed by atoms with Crippen LogP contribution in [0.3, 0.4) is 0 Å². The number of likely N-dealkylation sites (tertiary alicyclic amines) is 1. The summed E-state index contributed by atoms with van der Waals surface area (Å²) in [7, 11) is 0. The van der Waals surface area contributed by atoms with Crippen molar-refractivity contribution in [2.45, 2.75) is 50.9 Å². The van der Waals surface area contributed by atoms with Gasteiger partial charge in [-0.05, 0) is 70.0 Å². The van der Waals surface area contributed by atoms with Crippen LogP contribution in [0.25, 0.3) is 0 Å². The number of amides is 3. The lowest BCUT2D eigenvalue weighted by Gasteiger charge is -2.37. The van der Waals surface area contributed by atoms with Gasteiger partial charge in [-0.2, -0.15) is 0 Å². The summed E-state index contributed by atoms with van der Waals surface area (Å²) in [4.78, 5) is 50.9. The molecule has 0 radical (unpaired) electrons. The van der Waals surface area contributed by atoms with Gasteiger partial charge in [-0.3, -0.25) is 14.4 Å². The van der Waals surface area contributed by atoms with Crippen molar-refractivity contribution in [3.05, 3.63) is 78.9 Å². The van der Waals surface area contributed by atoms with Gasteiger partial charge in [0.05, 0.1) is 17.4 Å². The number of hydrogen-bond acceptors (Lipinski definition) is 6. The van der Waals surface area contributed by atoms with Gasteiger partial charge in [0.1, 0.15) is 11.6 Å². The molecular formula is C35H42N4O5. The van der Waals surface area contributed by atoms with E-state index in [4.69, 9.17) is 4.74 Å². The Bertz CT molecular complexity index is 1460. The second-order valence-corrected chi connectivity index (χ2v) is 12.2. The van der Waals surface area contributed by atoms with Crippen LogP contribution >= 0.6 is 0 Å². The summed E-state index contributed by atoms with van der Waals surface area (Å²) >= 11 is 0. The molecule has 1 unspecified atom stereocenters. The van der Waals surface area contributed by atoms with Crippen molar-refractivity contribution in [3.8, 4) is 0 Å². The summed E-state index contributed by atoms with van der Waals surface area (Å²) in [5, 5.41) is 9.50. The van der Waals surface area contributed by atoms with Crippen molar-refractivity contribution in [1.82, 2.24) is 4.90 Å². The lowest BCUT2D eigenvalue weighted by molar-refractivity contribution is -0.144. The Balaban J connectivity index is 1.41. The van der Waals surface area contributed by atoms with E-state index in [9.17, 15) is 19.5 Å². The molecular weight excluding hydrogens is 556 g/mol. The second-order valence-electron chi connectivity index (χ2n) is 12.2. The Morgan fingerprint density at radius 3 is 2.11 bits per heavy atom. The normalized spacial score (nSPS) is 29.4. The fraction of sp³-hybridized carbons (Fsp3) is 0.457. The SMILES string of the molecule is CCN(CC)c1ccc(N2CC=C[C@]34O[C@@]5(C)C=CCN(c6ccccc6)C(=O)[C@H]5[C@H]3C(=O)N(CCCCO)C4C2=O)cc1. The summed E-state index contributed by atoms with van der Waals surface area (Å²) < 4.78 is 6.94. The standard InChI is InChI=1S/C35H42N4O5/c1-4-36(5-2)25-15-17-27(18-16-25)38-23-12-20-35-29(32(42)39(21-9-10-24-40)30(35)33(38)43)28-31(41)37(26-13-7-6-8-14-26)22-11-19-34(28,3)44-35/h6-8,11-20,28-30,40H,4-5,9-10,21-24H2,1-3H3/t28-,29+,30?,34+,35+/m1/s1. The number of hydrogen-bond donors (Lipinski definition) is 1. The van der Waals surface area contributed by atoms with Gasteiger partial charge in [0, 0.05) is 56.4 Å². The van der Waals surface area contributed by atoms with E-state index < -0.39 is 29.1 Å². The predicted octanol–water partition coefficient (Wildman–Crippen LogP) is 3.78. The van der Waals surface area contributed by atoms with Crippen molar-refractivity contribution in [2.75, 3.05) is 54.0 Å². The van der Waals surface area contributed by atoms with Crippen LogP contribution in [0.5, 0.6) is 0 Å². The van der Waals surface area contributed by atoms with Crippen LogP contribution in [0.2, 0.25) is 0 Å². The first-order valence-corrected chi connectivity index (χ1v) is 15.8. The van der Waals surface area contributed by atoms with Crippen LogP contribution in [0, 0.1) is 11.8 Å². The van der Waals surface area contributed by atoms with Crippen LogP contribution in [-0.2, 0) is 19.1 Å². The fourth-order valence-electron chi connectivity index (χ4n) is 7.66. The number of aliphatic hydroxyl groups is 1. The highest BCUT2D eigenvalue weighted by molar-refractivity contribution is 6.07. The zero-order valence-corrected chi connectivity index (χ0v) is 25.8. The molecule has 0 saturated carbocycles. The molecule has 0 aromatic heterocycles. The molecule has 4 aliphatic heterocycles. The van der Waals surface area contributed by atoms with Gasteiger partial charge in [0.25, 0.3) is 5.91 Å². The van der Waals surface area contributed by atoms with Crippen molar-refractivity contribution in [1.29, 1.82) is 0 Å². The van der Waals surface area contributed by atoms with Gasteiger partial charge < -0.3 is 29.4 Å². The molecule has 1 N–H and O–H groups in total. The Hall–Kier alpha value is -3.95. The van der Waals surface area contributed by atoms with Gasteiger partial charge in [0.2, 0.25) is 11.8 Å². The van der Waals surface area contributed by atoms with Gasteiger partial charge in [-0.25, -0.2) is 0 Å². The average Bonchev–Trinajstić information content (AvgIpc) is 3.29. The van der Waals surface area contributed by atoms with Crippen LogP contribution in [0.1, 0.15) is 33.6 Å². The number of carbonyl (C=O) groups is 3. The number of aliphatic hydroxyl groups excluding tert-OH is 1. The highest BCUT2D eigenvalue weighted by Gasteiger charge is 2.74. The van der Waals surface area contributed by atoms with E-state index in [1.54, 1.807) is 14.7 Å². The molecule has 2 fully saturated rings. The summed E-state index contributed by atoms with van der Waals surface area (Å²) in [6.45, 7) is 8.80. The Kier molecular flexibility index (Phi) is 8.11. The molecule has 4 heterocycles. The average molecular weight is 599 g/mol. The van der Waals surface area contributed by atoms with E-state index in [2.05, 4.69) is 18.7 Å². The first-order valence-electron chi connectivity index (χ1n) is 15.8. The largest absolute Gasteiger partial charge is 0.396 e. The molecule has 2 saturated heterocycles. The maximum atomic E-state index is 14.7. The fourth-order valence-corrected chi connectivity index (χ4v) is 7.66. The molecule has 0 bridgehead atoms. The topological polar surface area (TPSA) is 93.6 Å². The molecule has 2 aromatic rings. The first kappa shape index (κ1) is 30.1. The number of rotatable bonds is 9. The van der Waals surface area contributed by atoms with E-state index in [0.29, 0.717) is 25.9 Å². The number of carbonyl (C=O) groups excluding carboxylic acids is 3. The van der Waals surface area contributed by atoms with Crippen molar-refractivity contribution in [3.63, 3.8) is 0 Å². The minimum Gasteiger partial charge on any atom is -0.396 e. The van der Waals surface area contributed by atoms with Crippen LogP contribution in [-0.4, -0.2) is 84.3 Å². The minimum atomic E-state index is -1.32. The predicted molar refractivity (Wildman–Crippen MR) is 170 cm³/mol. The van der Waals surface area contributed by atoms with E-state index in [-0.39, 0.29) is 30.9 Å². The number of nitrogens with zero attached hydrogens (tertiary/aromatic N) is 4. The lowest BCUT2D eigenvalue weighted by Crippen LogP contribution is -2.56. The zero-order valence-electron chi connectivity index (χ0n) is 25.8. The smallest absolute Gasteiger partial charge is 0.253 e. The van der Waals surface area contributed by atoms with Gasteiger partial charge in [-0.15, -0.1) is 0 Å². The highest BCUT2D eigenvalue weighted by Crippen LogP contribution is 2.57. The Morgan fingerprint density at radius 2 is 1.45 bits per heavy atom. The van der Waals surface area contributed by atoms with Crippen LogP contribution < -0.4 is 14.7 Å². The van der Waals surface area contributed by atoms with Crippen LogP contribution in [0.15, 0.2) is 78.9 Å². The van der Waals surface area contributed by atoms with Gasteiger partial charge >= 0.3 is 0 Å². The van der Waals surface area contributed by atoms with E-state index in [0.717, 1.165) is 30.2 Å². The molecule has 4 aliphatic rings. The molecule has 44 heavy (non-hydrogen) atoms. The molecule has 9 heteroatoms. The number of anilines is 3. The summed E-state index contributed by atoms with van der Waals surface area (Å²) in [5.74, 6) is -2.38. The third-order valence-electron chi connectivity index (χ3n) is 9.72. The molecule has 5 atom stereocenters. The van der Waals surface area contributed by atoms with Gasteiger partial charge in [-0.1, -0.05) is 42.5 Å². The van der Waals surface area contributed by atoms with E-state index in [1.807, 2.05) is 85.8 Å². The molecule has 6 rings (SSSR count). The number of benzene rings is 2. The Morgan fingerprint density at radius 1 is 0.818 bits per heavy atom. The van der Waals surface area contributed by atoms with Gasteiger partial charge in [0.15, 0.2) is 0 Å². The number of fused-ring (bicyclic) bond motifs is 2. The third kappa shape index (κ3) is 4.73. The molecule has 1 spiro atoms.